The van der Waals surface area contributed by atoms with E-state index in [0.717, 1.165) is 42.4 Å². The highest BCUT2D eigenvalue weighted by Crippen LogP contribution is 2.48. The first kappa shape index (κ1) is 19.5. The smallest absolute Gasteiger partial charge is 0.260 e. The van der Waals surface area contributed by atoms with Crippen LogP contribution in [-0.2, 0) is 21.8 Å². The Bertz CT molecular complexity index is 1460. The number of nitrogens with zero attached hydrogens (tertiary/aromatic N) is 4. The first-order valence-corrected chi connectivity index (χ1v) is 12.6. The molecule has 1 aromatic carbocycles. The van der Waals surface area contributed by atoms with Crippen molar-refractivity contribution in [2.24, 2.45) is 0 Å². The Hall–Kier alpha value is -3.18. The first-order valence-electron chi connectivity index (χ1n) is 11.0. The Morgan fingerprint density at radius 1 is 1.22 bits per heavy atom. The zero-order valence-corrected chi connectivity index (χ0v) is 18.5. The molecule has 2 aliphatic carbocycles. The maximum atomic E-state index is 13.4. The molecule has 2 fully saturated rings. The van der Waals surface area contributed by atoms with Crippen LogP contribution in [0.5, 0.6) is 0 Å². The second-order valence-electron chi connectivity index (χ2n) is 9.07. The highest BCUT2D eigenvalue weighted by atomic mass is 32.2. The number of imidazole rings is 1. The molecular formula is C24H22N4O3S. The van der Waals surface area contributed by atoms with Crippen LogP contribution in [0.15, 0.2) is 41.6 Å². The molecule has 0 spiro atoms. The number of fused-ring (bicyclic) bond motifs is 2. The van der Waals surface area contributed by atoms with E-state index in [2.05, 4.69) is 11.1 Å². The molecule has 162 valence electrons. The molecule has 8 heteroatoms. The van der Waals surface area contributed by atoms with Crippen molar-refractivity contribution in [3.8, 4) is 6.07 Å². The average Bonchev–Trinajstić information content (AvgIpc) is 3.72. The predicted octanol–water partition coefficient (Wildman–Crippen LogP) is 3.72. The van der Waals surface area contributed by atoms with E-state index in [1.54, 1.807) is 11.3 Å². The molecule has 1 amide bonds. The number of amides is 1. The van der Waals surface area contributed by atoms with Crippen molar-refractivity contribution in [3.05, 3.63) is 58.8 Å². The van der Waals surface area contributed by atoms with E-state index < -0.39 is 15.3 Å². The van der Waals surface area contributed by atoms with Gasteiger partial charge in [0.15, 0.2) is 20.7 Å². The highest BCUT2D eigenvalue weighted by molar-refractivity contribution is 7.91. The van der Waals surface area contributed by atoms with Gasteiger partial charge in [-0.3, -0.25) is 14.1 Å². The van der Waals surface area contributed by atoms with Gasteiger partial charge in [0.05, 0.1) is 23.8 Å². The number of aromatic nitrogens is 2. The van der Waals surface area contributed by atoms with E-state index in [-0.39, 0.29) is 29.0 Å². The number of anilines is 1. The number of rotatable bonds is 5. The van der Waals surface area contributed by atoms with Gasteiger partial charge in [0.1, 0.15) is 5.65 Å². The number of sulfone groups is 1. The molecule has 3 aliphatic rings. The van der Waals surface area contributed by atoms with E-state index in [1.165, 1.54) is 4.90 Å². The summed E-state index contributed by atoms with van der Waals surface area (Å²) in [5.41, 5.74) is 3.34. The van der Waals surface area contributed by atoms with Gasteiger partial charge in [-0.2, -0.15) is 5.26 Å². The van der Waals surface area contributed by atoms with Crippen molar-refractivity contribution >= 4 is 27.2 Å². The summed E-state index contributed by atoms with van der Waals surface area (Å²) in [5.74, 6) is 0.303. The zero-order chi connectivity index (χ0) is 22.3. The van der Waals surface area contributed by atoms with Crippen molar-refractivity contribution < 1.29 is 13.2 Å². The quantitative estimate of drug-likeness (QED) is 0.595. The fourth-order valence-corrected chi connectivity index (χ4v) is 5.80. The highest BCUT2D eigenvalue weighted by Gasteiger charge is 2.46. The van der Waals surface area contributed by atoms with E-state index in [0.29, 0.717) is 17.1 Å². The standard InChI is InChI=1S/C24H22N4O3S/c1-2-32(30,31)23-21(26-20-8-6-16(12-27(20)23)15-3-4-15)28-13-17-5-7-18(11-19(17)22(28)29)24(14-25)9-10-24/h5-8,11-12,15H,2-4,9-10,13H2,1H3. The lowest BCUT2D eigenvalue weighted by Gasteiger charge is -2.15. The van der Waals surface area contributed by atoms with Gasteiger partial charge in [-0.1, -0.05) is 25.1 Å². The summed E-state index contributed by atoms with van der Waals surface area (Å²) in [4.78, 5) is 19.5. The van der Waals surface area contributed by atoms with Crippen molar-refractivity contribution in [2.75, 3.05) is 10.7 Å². The second kappa shape index (κ2) is 6.42. The third-order valence-electron chi connectivity index (χ3n) is 6.99. The van der Waals surface area contributed by atoms with Gasteiger partial charge in [0.25, 0.3) is 5.91 Å². The molecule has 1 aliphatic heterocycles. The molecule has 6 rings (SSSR count). The van der Waals surface area contributed by atoms with Crippen LogP contribution in [0.1, 0.15) is 65.6 Å². The monoisotopic (exact) mass is 446 g/mol. The summed E-state index contributed by atoms with van der Waals surface area (Å²) in [7, 11) is -3.64. The number of nitriles is 1. The third kappa shape index (κ3) is 2.74. The molecule has 0 N–H and O–H groups in total. The maximum Gasteiger partial charge on any atom is 0.260 e. The van der Waals surface area contributed by atoms with Crippen molar-refractivity contribution in [3.63, 3.8) is 0 Å². The van der Waals surface area contributed by atoms with Gasteiger partial charge < -0.3 is 0 Å². The number of hydrogen-bond donors (Lipinski definition) is 0. The minimum atomic E-state index is -3.64. The molecular weight excluding hydrogens is 424 g/mol. The van der Waals surface area contributed by atoms with Gasteiger partial charge in [-0.05, 0) is 60.4 Å². The van der Waals surface area contributed by atoms with Crippen LogP contribution in [0.4, 0.5) is 5.82 Å². The van der Waals surface area contributed by atoms with Crippen LogP contribution in [0.3, 0.4) is 0 Å². The van der Waals surface area contributed by atoms with Crippen LogP contribution in [0.2, 0.25) is 0 Å². The maximum absolute atomic E-state index is 13.4. The fraction of sp³-hybridized carbons (Fsp3) is 0.375. The predicted molar refractivity (Wildman–Crippen MR) is 118 cm³/mol. The van der Waals surface area contributed by atoms with Crippen LogP contribution >= 0.6 is 0 Å². The Morgan fingerprint density at radius 3 is 2.66 bits per heavy atom. The molecule has 2 saturated carbocycles. The Kier molecular flexibility index (Phi) is 3.91. The Labute approximate surface area is 186 Å². The van der Waals surface area contributed by atoms with Gasteiger partial charge in [0, 0.05) is 11.8 Å². The van der Waals surface area contributed by atoms with Crippen LogP contribution < -0.4 is 4.90 Å². The topological polar surface area (TPSA) is 95.5 Å². The van der Waals surface area contributed by atoms with Crippen molar-refractivity contribution in [1.29, 1.82) is 5.26 Å². The largest absolute Gasteiger partial charge is 0.288 e. The van der Waals surface area contributed by atoms with Crippen molar-refractivity contribution in [1.82, 2.24) is 9.38 Å². The average molecular weight is 447 g/mol. The second-order valence-corrected chi connectivity index (χ2v) is 11.3. The molecule has 32 heavy (non-hydrogen) atoms. The Balaban J connectivity index is 1.48. The summed E-state index contributed by atoms with van der Waals surface area (Å²) in [6, 6.07) is 11.8. The summed E-state index contributed by atoms with van der Waals surface area (Å²) in [6.45, 7) is 1.87. The van der Waals surface area contributed by atoms with Gasteiger partial charge in [-0.15, -0.1) is 0 Å². The summed E-state index contributed by atoms with van der Waals surface area (Å²) >= 11 is 0. The third-order valence-corrected chi connectivity index (χ3v) is 8.72. The molecule has 0 saturated heterocycles. The van der Waals surface area contributed by atoms with E-state index in [4.69, 9.17) is 0 Å². The number of hydrogen-bond acceptors (Lipinski definition) is 5. The summed E-state index contributed by atoms with van der Waals surface area (Å²) in [5, 5.41) is 9.61. The minimum Gasteiger partial charge on any atom is -0.288 e. The van der Waals surface area contributed by atoms with E-state index in [9.17, 15) is 18.5 Å². The summed E-state index contributed by atoms with van der Waals surface area (Å²) < 4.78 is 27.9. The normalized spacial score (nSPS) is 19.2. The molecule has 0 radical (unpaired) electrons. The number of carbonyl (C=O) groups excluding carboxylic acids is 1. The number of benzene rings is 1. The number of pyridine rings is 1. The molecule has 3 aromatic rings. The van der Waals surface area contributed by atoms with Gasteiger partial charge >= 0.3 is 0 Å². The minimum absolute atomic E-state index is 0.0781. The van der Waals surface area contributed by atoms with E-state index in [1.807, 2.05) is 36.5 Å². The fourth-order valence-electron chi connectivity index (χ4n) is 4.65. The molecule has 7 nitrogen and oxygen atoms in total. The number of carbonyl (C=O) groups is 1. The lowest BCUT2D eigenvalue weighted by Crippen LogP contribution is -2.26. The van der Waals surface area contributed by atoms with Crippen LogP contribution in [0.25, 0.3) is 5.65 Å². The van der Waals surface area contributed by atoms with Crippen LogP contribution in [-0.4, -0.2) is 29.5 Å². The van der Waals surface area contributed by atoms with Crippen LogP contribution in [0, 0.1) is 11.3 Å². The lowest BCUT2D eigenvalue weighted by atomic mass is 9.94. The zero-order valence-electron chi connectivity index (χ0n) is 17.7. The first-order chi connectivity index (χ1) is 15.4. The van der Waals surface area contributed by atoms with Gasteiger partial charge in [-0.25, -0.2) is 13.4 Å². The summed E-state index contributed by atoms with van der Waals surface area (Å²) in [6.07, 6.45) is 5.68. The molecule has 0 unspecified atom stereocenters. The SMILES string of the molecule is CCS(=O)(=O)c1c(N2Cc3ccc(C4(C#N)CC4)cc3C2=O)nc2ccc(C3CC3)cn12. The van der Waals surface area contributed by atoms with Crippen molar-refractivity contribution in [2.45, 2.75) is 55.5 Å². The Morgan fingerprint density at radius 2 is 2.00 bits per heavy atom. The molecule has 0 bridgehead atoms. The molecule has 0 atom stereocenters. The van der Waals surface area contributed by atoms with E-state index >= 15 is 0 Å². The molecule has 3 heterocycles. The lowest BCUT2D eigenvalue weighted by molar-refractivity contribution is 0.0995. The molecule has 2 aromatic heterocycles. The van der Waals surface area contributed by atoms with Gasteiger partial charge in [0.2, 0.25) is 0 Å².